The SMILES string of the molecule is O=C([O-])[C@H]1[C@H]2C=C[C@]3(CN(CCc4c[nH]c5ccccc45)C(=O)[C@@H]13)O2. The Balaban J connectivity index is 1.37. The Morgan fingerprint density at radius 1 is 1.40 bits per heavy atom. The van der Waals surface area contributed by atoms with Gasteiger partial charge in [-0.2, -0.15) is 0 Å². The molecule has 25 heavy (non-hydrogen) atoms. The van der Waals surface area contributed by atoms with E-state index in [-0.39, 0.29) is 5.91 Å². The fraction of sp³-hybridized carbons (Fsp3) is 0.368. The molecule has 3 aliphatic heterocycles. The summed E-state index contributed by atoms with van der Waals surface area (Å²) in [6, 6.07) is 8.05. The van der Waals surface area contributed by atoms with Crippen molar-refractivity contribution in [3.05, 3.63) is 48.2 Å². The quantitative estimate of drug-likeness (QED) is 0.810. The molecule has 4 atom stereocenters. The van der Waals surface area contributed by atoms with E-state index < -0.39 is 29.5 Å². The number of hydrogen-bond donors (Lipinski definition) is 1. The number of para-hydroxylation sites is 1. The second kappa shape index (κ2) is 4.95. The first-order chi connectivity index (χ1) is 12.1. The highest BCUT2D eigenvalue weighted by Gasteiger charge is 2.65. The summed E-state index contributed by atoms with van der Waals surface area (Å²) in [7, 11) is 0. The van der Waals surface area contributed by atoms with Crippen molar-refractivity contribution < 1.29 is 19.4 Å². The first-order valence-electron chi connectivity index (χ1n) is 8.51. The summed E-state index contributed by atoms with van der Waals surface area (Å²) < 4.78 is 5.87. The Bertz CT molecular complexity index is 917. The van der Waals surface area contributed by atoms with E-state index in [1.165, 1.54) is 0 Å². The summed E-state index contributed by atoms with van der Waals surface area (Å²) in [6.45, 7) is 0.955. The van der Waals surface area contributed by atoms with Crippen molar-refractivity contribution in [2.45, 2.75) is 18.1 Å². The Kier molecular flexibility index (Phi) is 2.92. The molecule has 2 fully saturated rings. The number of rotatable bonds is 4. The second-order valence-corrected chi connectivity index (χ2v) is 7.09. The zero-order chi connectivity index (χ0) is 17.2. The molecule has 0 unspecified atom stereocenters. The number of carboxylic acids is 1. The van der Waals surface area contributed by atoms with E-state index in [0.29, 0.717) is 19.5 Å². The van der Waals surface area contributed by atoms with Crippen LogP contribution < -0.4 is 5.11 Å². The van der Waals surface area contributed by atoms with E-state index in [1.807, 2.05) is 30.5 Å². The maximum absolute atomic E-state index is 12.8. The van der Waals surface area contributed by atoms with Crippen molar-refractivity contribution in [1.29, 1.82) is 0 Å². The number of fused-ring (bicyclic) bond motifs is 2. The van der Waals surface area contributed by atoms with Crippen LogP contribution in [0, 0.1) is 11.8 Å². The van der Waals surface area contributed by atoms with Gasteiger partial charge in [-0.1, -0.05) is 30.4 Å². The van der Waals surface area contributed by atoms with Gasteiger partial charge in [-0.25, -0.2) is 0 Å². The summed E-state index contributed by atoms with van der Waals surface area (Å²) in [4.78, 5) is 29.3. The van der Waals surface area contributed by atoms with E-state index in [9.17, 15) is 14.7 Å². The molecule has 0 saturated carbocycles. The minimum absolute atomic E-state index is 0.138. The molecule has 5 rings (SSSR count). The summed E-state index contributed by atoms with van der Waals surface area (Å²) >= 11 is 0. The van der Waals surface area contributed by atoms with Crippen LogP contribution in [0.2, 0.25) is 0 Å². The summed E-state index contributed by atoms with van der Waals surface area (Å²) in [5.74, 6) is -2.87. The van der Waals surface area contributed by atoms with Gasteiger partial charge in [0.15, 0.2) is 0 Å². The molecular formula is C19H17N2O4-. The van der Waals surface area contributed by atoms with Gasteiger partial charge in [0, 0.05) is 35.5 Å². The van der Waals surface area contributed by atoms with E-state index in [0.717, 1.165) is 16.5 Å². The number of aromatic amines is 1. The third-order valence-corrected chi connectivity index (χ3v) is 5.78. The number of benzene rings is 1. The van der Waals surface area contributed by atoms with Gasteiger partial charge >= 0.3 is 0 Å². The molecule has 2 aromatic rings. The lowest BCUT2D eigenvalue weighted by Gasteiger charge is -2.24. The number of aromatic nitrogens is 1. The molecule has 2 saturated heterocycles. The number of carbonyl (C=O) groups is 2. The van der Waals surface area contributed by atoms with Gasteiger partial charge in [-0.3, -0.25) is 4.79 Å². The molecule has 128 valence electrons. The van der Waals surface area contributed by atoms with Gasteiger partial charge in [0.05, 0.1) is 18.6 Å². The molecule has 1 amide bonds. The van der Waals surface area contributed by atoms with Crippen molar-refractivity contribution in [2.24, 2.45) is 11.8 Å². The van der Waals surface area contributed by atoms with Crippen molar-refractivity contribution in [3.8, 4) is 0 Å². The molecule has 1 aromatic carbocycles. The highest BCUT2D eigenvalue weighted by Crippen LogP contribution is 2.51. The highest BCUT2D eigenvalue weighted by atomic mass is 16.5. The van der Waals surface area contributed by atoms with Gasteiger partial charge in [0.2, 0.25) is 5.91 Å². The van der Waals surface area contributed by atoms with Gasteiger partial charge in [-0.15, -0.1) is 0 Å². The maximum Gasteiger partial charge on any atom is 0.229 e. The lowest BCUT2D eigenvalue weighted by Crippen LogP contribution is -2.45. The predicted molar refractivity (Wildman–Crippen MR) is 87.3 cm³/mol. The minimum atomic E-state index is -1.20. The zero-order valence-electron chi connectivity index (χ0n) is 13.5. The second-order valence-electron chi connectivity index (χ2n) is 7.09. The molecule has 1 aromatic heterocycles. The van der Waals surface area contributed by atoms with E-state index in [4.69, 9.17) is 4.74 Å². The Hall–Kier alpha value is -2.60. The molecular weight excluding hydrogens is 320 g/mol. The number of aliphatic carboxylic acids is 1. The van der Waals surface area contributed by atoms with Gasteiger partial charge in [-0.05, 0) is 18.1 Å². The third kappa shape index (κ3) is 1.94. The van der Waals surface area contributed by atoms with Crippen LogP contribution in [0.4, 0.5) is 0 Å². The standard InChI is InChI=1S/C19H18N2O4/c22-17-16-15(18(23)24)14-5-7-19(16,25-14)10-21(17)8-6-11-9-20-13-4-2-1-3-12(11)13/h1-5,7,9,14-16,20H,6,8,10H2,(H,23,24)/p-1/t14-,15+,16-,19-/m1/s1. The molecule has 1 spiro atoms. The Morgan fingerprint density at radius 2 is 2.24 bits per heavy atom. The summed E-state index contributed by atoms with van der Waals surface area (Å²) in [5.41, 5.74) is 1.44. The largest absolute Gasteiger partial charge is 0.550 e. The lowest BCUT2D eigenvalue weighted by atomic mass is 9.77. The van der Waals surface area contributed by atoms with Crippen LogP contribution in [0.5, 0.6) is 0 Å². The van der Waals surface area contributed by atoms with Crippen LogP contribution in [0.15, 0.2) is 42.6 Å². The maximum atomic E-state index is 12.8. The number of nitrogens with one attached hydrogen (secondary N) is 1. The average molecular weight is 337 g/mol. The van der Waals surface area contributed by atoms with Gasteiger partial charge < -0.3 is 24.5 Å². The van der Waals surface area contributed by atoms with E-state index in [1.54, 1.807) is 11.0 Å². The number of amides is 1. The topological polar surface area (TPSA) is 85.5 Å². The van der Waals surface area contributed by atoms with E-state index >= 15 is 0 Å². The zero-order valence-corrected chi connectivity index (χ0v) is 13.5. The van der Waals surface area contributed by atoms with Crippen LogP contribution in [-0.4, -0.2) is 46.6 Å². The molecule has 4 heterocycles. The molecule has 6 heteroatoms. The lowest BCUT2D eigenvalue weighted by molar-refractivity contribution is -0.313. The molecule has 3 aliphatic rings. The van der Waals surface area contributed by atoms with Crippen LogP contribution in [0.25, 0.3) is 10.9 Å². The number of nitrogens with zero attached hydrogens (tertiary/aromatic N) is 1. The number of carboxylic acid groups (broad SMARTS) is 1. The first-order valence-corrected chi connectivity index (χ1v) is 8.51. The fourth-order valence-electron chi connectivity index (χ4n) is 4.63. The van der Waals surface area contributed by atoms with Crippen LogP contribution in [0.1, 0.15) is 5.56 Å². The number of H-pyrrole nitrogens is 1. The van der Waals surface area contributed by atoms with Crippen molar-refractivity contribution >= 4 is 22.8 Å². The normalized spacial score (nSPS) is 32.7. The van der Waals surface area contributed by atoms with Gasteiger partial charge in [0.25, 0.3) is 0 Å². The first kappa shape index (κ1) is 14.7. The Morgan fingerprint density at radius 3 is 3.08 bits per heavy atom. The number of carbonyl (C=O) groups excluding carboxylic acids is 2. The van der Waals surface area contributed by atoms with Crippen LogP contribution in [-0.2, 0) is 20.7 Å². The molecule has 6 nitrogen and oxygen atoms in total. The Labute approximate surface area is 144 Å². The number of ether oxygens (including phenoxy) is 1. The predicted octanol–water partition coefficient (Wildman–Crippen LogP) is 0.242. The molecule has 0 aliphatic carbocycles. The van der Waals surface area contributed by atoms with Crippen LogP contribution >= 0.6 is 0 Å². The molecule has 2 bridgehead atoms. The smallest absolute Gasteiger partial charge is 0.229 e. The third-order valence-electron chi connectivity index (χ3n) is 5.78. The van der Waals surface area contributed by atoms with E-state index in [2.05, 4.69) is 11.1 Å². The number of hydrogen-bond acceptors (Lipinski definition) is 4. The van der Waals surface area contributed by atoms with Crippen LogP contribution in [0.3, 0.4) is 0 Å². The fourth-order valence-corrected chi connectivity index (χ4v) is 4.63. The number of likely N-dealkylation sites (tertiary alicyclic amines) is 1. The molecule has 0 radical (unpaired) electrons. The summed E-state index contributed by atoms with van der Waals surface area (Å²) in [5, 5.41) is 12.6. The van der Waals surface area contributed by atoms with Crippen molar-refractivity contribution in [3.63, 3.8) is 0 Å². The highest BCUT2D eigenvalue weighted by molar-refractivity contribution is 5.90. The van der Waals surface area contributed by atoms with Crippen molar-refractivity contribution in [2.75, 3.05) is 13.1 Å². The van der Waals surface area contributed by atoms with Crippen molar-refractivity contribution in [1.82, 2.24) is 9.88 Å². The monoisotopic (exact) mass is 337 g/mol. The molecule has 1 N–H and O–H groups in total. The summed E-state index contributed by atoms with van der Waals surface area (Å²) in [6.07, 6.45) is 5.77. The van der Waals surface area contributed by atoms with Gasteiger partial charge in [0.1, 0.15) is 5.60 Å². The average Bonchev–Trinajstić information content (AvgIpc) is 3.33. The minimum Gasteiger partial charge on any atom is -0.550 e.